The molecule has 1 N–H and O–H groups in total. The van der Waals surface area contributed by atoms with Crippen molar-refractivity contribution in [3.8, 4) is 11.8 Å². The lowest BCUT2D eigenvalue weighted by atomic mass is 10.0. The Morgan fingerprint density at radius 3 is 2.75 bits per heavy atom. The zero-order valence-electron chi connectivity index (χ0n) is 22.2. The molecule has 11 heteroatoms. The van der Waals surface area contributed by atoms with Gasteiger partial charge in [0.05, 0.1) is 21.7 Å². The number of piperazine rings is 1. The molecule has 1 fully saturated rings. The molecule has 0 radical (unpaired) electrons. The van der Waals surface area contributed by atoms with Crippen LogP contribution in [0.2, 0.25) is 0 Å². The summed E-state index contributed by atoms with van der Waals surface area (Å²) >= 11 is 1.28. The van der Waals surface area contributed by atoms with E-state index in [9.17, 15) is 18.0 Å². The number of thioether (sulfide) groups is 1. The third-order valence-corrected chi connectivity index (χ3v) is 7.77. The lowest BCUT2D eigenvalue weighted by molar-refractivity contribution is -0.138. The summed E-state index contributed by atoms with van der Waals surface area (Å²) in [5.74, 6) is 5.79. The second kappa shape index (κ2) is 11.9. The van der Waals surface area contributed by atoms with Gasteiger partial charge in [0.2, 0.25) is 0 Å². The van der Waals surface area contributed by atoms with E-state index in [0.717, 1.165) is 24.1 Å². The van der Waals surface area contributed by atoms with Crippen molar-refractivity contribution in [1.29, 1.82) is 0 Å². The van der Waals surface area contributed by atoms with Gasteiger partial charge in [-0.1, -0.05) is 42.8 Å². The smallest absolute Gasteiger partial charge is 0.317 e. The molecule has 1 amide bonds. The first-order valence-corrected chi connectivity index (χ1v) is 13.8. The second-order valence-corrected chi connectivity index (χ2v) is 11.1. The van der Waals surface area contributed by atoms with E-state index in [1.54, 1.807) is 23.0 Å². The molecule has 208 valence electrons. The number of rotatable bonds is 4. The summed E-state index contributed by atoms with van der Waals surface area (Å²) in [6.07, 6.45) is 3.27. The van der Waals surface area contributed by atoms with E-state index in [2.05, 4.69) is 32.1 Å². The van der Waals surface area contributed by atoms with Crippen molar-refractivity contribution in [1.82, 2.24) is 29.7 Å². The summed E-state index contributed by atoms with van der Waals surface area (Å²) in [5, 5.41) is 7.59. The fourth-order valence-corrected chi connectivity index (χ4v) is 5.51. The van der Waals surface area contributed by atoms with Crippen LogP contribution in [0.3, 0.4) is 0 Å². The summed E-state index contributed by atoms with van der Waals surface area (Å²) in [6.45, 7) is 5.25. The lowest BCUT2D eigenvalue weighted by Gasteiger charge is -2.33. The molecule has 5 rings (SSSR count). The SMILES string of the molecule is CC1C=C(C#Cc2cnc3cccnn23)SC(NC(=O)c2ccc(CN3CCN(C)CC3)c(C(F)(F)F)c2)=CC1. The molecule has 40 heavy (non-hydrogen) atoms. The zero-order valence-corrected chi connectivity index (χ0v) is 23.0. The van der Waals surface area contributed by atoms with Gasteiger partial charge in [-0.15, -0.1) is 0 Å². The highest BCUT2D eigenvalue weighted by Gasteiger charge is 2.34. The number of amides is 1. The van der Waals surface area contributed by atoms with Crippen LogP contribution in [-0.4, -0.2) is 63.5 Å². The maximum Gasteiger partial charge on any atom is 0.416 e. The number of allylic oxidation sites excluding steroid dienone is 3. The van der Waals surface area contributed by atoms with Gasteiger partial charge in [-0.05, 0) is 55.1 Å². The number of carbonyl (C=O) groups is 1. The fraction of sp³-hybridized carbons (Fsp3) is 0.345. The fourth-order valence-electron chi connectivity index (χ4n) is 4.55. The van der Waals surface area contributed by atoms with Crippen molar-refractivity contribution in [3.05, 3.63) is 87.2 Å². The molecule has 1 aromatic carbocycles. The lowest BCUT2D eigenvalue weighted by Crippen LogP contribution is -2.44. The molecule has 0 aliphatic carbocycles. The number of hydrogen-bond acceptors (Lipinski definition) is 6. The Bertz CT molecular complexity index is 1530. The number of benzene rings is 1. The van der Waals surface area contributed by atoms with E-state index < -0.39 is 17.6 Å². The van der Waals surface area contributed by atoms with Crippen LogP contribution in [0, 0.1) is 17.8 Å². The highest BCUT2D eigenvalue weighted by atomic mass is 32.2. The van der Waals surface area contributed by atoms with Crippen LogP contribution in [0.5, 0.6) is 0 Å². The Hall–Kier alpha value is -3.59. The van der Waals surface area contributed by atoms with Crippen molar-refractivity contribution in [2.75, 3.05) is 33.2 Å². The van der Waals surface area contributed by atoms with Crippen molar-refractivity contribution >= 4 is 23.3 Å². The van der Waals surface area contributed by atoms with Crippen LogP contribution in [0.1, 0.15) is 40.5 Å². The predicted octanol–water partition coefficient (Wildman–Crippen LogP) is 4.78. The Labute approximate surface area is 235 Å². The highest BCUT2D eigenvalue weighted by Crippen LogP contribution is 2.34. The molecule has 0 spiro atoms. The number of nitrogens with one attached hydrogen (secondary N) is 1. The number of hydrogen-bond donors (Lipinski definition) is 1. The largest absolute Gasteiger partial charge is 0.416 e. The van der Waals surface area contributed by atoms with Gasteiger partial charge in [0.25, 0.3) is 5.91 Å². The monoisotopic (exact) mass is 566 g/mol. The van der Waals surface area contributed by atoms with Crippen LogP contribution in [-0.2, 0) is 12.7 Å². The van der Waals surface area contributed by atoms with Crippen LogP contribution in [0.25, 0.3) is 5.65 Å². The highest BCUT2D eigenvalue weighted by molar-refractivity contribution is 8.07. The Morgan fingerprint density at radius 2 is 1.98 bits per heavy atom. The van der Waals surface area contributed by atoms with Crippen LogP contribution < -0.4 is 5.32 Å². The first-order valence-electron chi connectivity index (χ1n) is 13.0. The molecule has 3 aromatic rings. The average Bonchev–Trinajstić information content (AvgIpc) is 3.25. The topological polar surface area (TPSA) is 65.8 Å². The van der Waals surface area contributed by atoms with Gasteiger partial charge < -0.3 is 10.2 Å². The van der Waals surface area contributed by atoms with Gasteiger partial charge in [-0.2, -0.15) is 18.3 Å². The molecule has 1 saturated heterocycles. The van der Waals surface area contributed by atoms with Crippen molar-refractivity contribution in [3.63, 3.8) is 0 Å². The standard InChI is InChI=1S/C29H29F3N6OS/c1-20-5-10-27(40-24(16-20)9-8-23-18-33-26-4-3-11-34-38(23)26)35-28(39)21-6-7-22(25(17-21)29(30,31)32)19-37-14-12-36(2)13-15-37/h3-4,6-7,10-11,16-18,20H,5,12-15,19H2,1-2H3,(H,35,39). The van der Waals surface area contributed by atoms with Crippen molar-refractivity contribution < 1.29 is 18.0 Å². The minimum absolute atomic E-state index is 0.0401. The van der Waals surface area contributed by atoms with E-state index in [-0.39, 0.29) is 23.6 Å². The first kappa shape index (κ1) is 28.0. The molecule has 1 unspecified atom stereocenters. The molecule has 4 heterocycles. The normalized spacial score (nSPS) is 18.9. The van der Waals surface area contributed by atoms with Gasteiger partial charge in [-0.25, -0.2) is 9.50 Å². The Balaban J connectivity index is 1.31. The molecule has 2 aliphatic rings. The Kier molecular flexibility index (Phi) is 8.30. The van der Waals surface area contributed by atoms with Crippen molar-refractivity contribution in [2.24, 2.45) is 5.92 Å². The first-order chi connectivity index (χ1) is 19.2. The number of carbonyl (C=O) groups excluding carboxylic acids is 1. The van der Waals surface area contributed by atoms with Crippen LogP contribution in [0.4, 0.5) is 13.2 Å². The summed E-state index contributed by atoms with van der Waals surface area (Å²) < 4.78 is 43.7. The minimum Gasteiger partial charge on any atom is -0.317 e. The number of nitrogens with zero attached hydrogens (tertiary/aromatic N) is 5. The van der Waals surface area contributed by atoms with Crippen molar-refractivity contribution in [2.45, 2.75) is 26.1 Å². The molecular weight excluding hydrogens is 537 g/mol. The number of halogens is 3. The van der Waals surface area contributed by atoms with E-state index in [0.29, 0.717) is 35.9 Å². The van der Waals surface area contributed by atoms with E-state index in [4.69, 9.17) is 0 Å². The maximum atomic E-state index is 14.0. The van der Waals surface area contributed by atoms with Gasteiger partial charge >= 0.3 is 6.18 Å². The van der Waals surface area contributed by atoms with Gasteiger partial charge in [-0.3, -0.25) is 9.69 Å². The van der Waals surface area contributed by atoms with Crippen LogP contribution >= 0.6 is 11.8 Å². The minimum atomic E-state index is -4.57. The number of aromatic nitrogens is 3. The molecule has 0 bridgehead atoms. The molecular formula is C29H29F3N6OS. The summed E-state index contributed by atoms with van der Waals surface area (Å²) in [5.41, 5.74) is 0.668. The van der Waals surface area contributed by atoms with Gasteiger partial charge in [0, 0.05) is 44.5 Å². The summed E-state index contributed by atoms with van der Waals surface area (Å²) in [6, 6.07) is 7.48. The number of likely N-dealkylation sites (N-methyl/N-ethyl adjacent to an activating group) is 1. The van der Waals surface area contributed by atoms with E-state index in [1.165, 1.54) is 23.9 Å². The molecule has 0 saturated carbocycles. The second-order valence-electron chi connectivity index (χ2n) is 10.0. The zero-order chi connectivity index (χ0) is 28.3. The third-order valence-electron chi connectivity index (χ3n) is 6.83. The van der Waals surface area contributed by atoms with Crippen LogP contribution in [0.15, 0.2) is 64.8 Å². The summed E-state index contributed by atoms with van der Waals surface area (Å²) in [4.78, 5) is 22.3. The average molecular weight is 567 g/mol. The van der Waals surface area contributed by atoms with Gasteiger partial charge in [0.1, 0.15) is 5.69 Å². The quantitative estimate of drug-likeness (QED) is 0.459. The molecule has 2 aliphatic heterocycles. The Morgan fingerprint density at radius 1 is 1.18 bits per heavy atom. The number of alkyl halides is 3. The molecule has 7 nitrogen and oxygen atoms in total. The molecule has 1 atom stereocenters. The molecule has 2 aromatic heterocycles. The number of imidazole rings is 1. The third kappa shape index (κ3) is 6.75. The predicted molar refractivity (Wildman–Crippen MR) is 149 cm³/mol. The van der Waals surface area contributed by atoms with Gasteiger partial charge in [0.15, 0.2) is 5.65 Å². The number of fused-ring (bicyclic) bond motifs is 1. The summed E-state index contributed by atoms with van der Waals surface area (Å²) in [7, 11) is 2.00. The van der Waals surface area contributed by atoms with E-state index in [1.807, 2.05) is 37.1 Å². The van der Waals surface area contributed by atoms with E-state index >= 15 is 0 Å². The maximum absolute atomic E-state index is 14.0.